The molecule has 0 saturated carbocycles. The van der Waals surface area contributed by atoms with Crippen LogP contribution in [0.3, 0.4) is 0 Å². The van der Waals surface area contributed by atoms with Crippen molar-refractivity contribution in [2.24, 2.45) is 0 Å². The molecule has 0 aliphatic heterocycles. The fraction of sp³-hybridized carbons (Fsp3) is 0.733. The summed E-state index contributed by atoms with van der Waals surface area (Å²) in [7, 11) is 0. The Morgan fingerprint density at radius 3 is 2.05 bits per heavy atom. The summed E-state index contributed by atoms with van der Waals surface area (Å²) in [6, 6.07) is 1.30. The van der Waals surface area contributed by atoms with Crippen LogP contribution in [-0.2, 0) is 19.0 Å². The van der Waals surface area contributed by atoms with Crippen LogP contribution in [0.4, 0.5) is 13.2 Å². The van der Waals surface area contributed by atoms with Gasteiger partial charge in [-0.05, 0) is 37.3 Å². The first kappa shape index (κ1) is 16.1. The summed E-state index contributed by atoms with van der Waals surface area (Å²) in [5.41, 5.74) is 1.05. The SMILES string of the molecule is CCCCCc1cc(C(F)(F)F)[nH]c1CCCCC. The van der Waals surface area contributed by atoms with Crippen molar-refractivity contribution in [1.82, 2.24) is 4.98 Å². The number of unbranched alkanes of at least 4 members (excludes halogenated alkanes) is 4. The maximum atomic E-state index is 12.7. The van der Waals surface area contributed by atoms with Gasteiger partial charge in [-0.15, -0.1) is 0 Å². The summed E-state index contributed by atoms with van der Waals surface area (Å²) in [4.78, 5) is 2.58. The molecular formula is C15H24F3N. The summed E-state index contributed by atoms with van der Waals surface area (Å²) in [5.74, 6) is 0. The molecule has 0 unspecified atom stereocenters. The molecule has 0 fully saturated rings. The Balaban J connectivity index is 2.75. The van der Waals surface area contributed by atoms with Crippen LogP contribution in [0.25, 0.3) is 0 Å². The van der Waals surface area contributed by atoms with Gasteiger partial charge in [-0.2, -0.15) is 13.2 Å². The van der Waals surface area contributed by atoms with Crippen LogP contribution >= 0.6 is 0 Å². The van der Waals surface area contributed by atoms with Gasteiger partial charge in [0.05, 0.1) is 0 Å². The van der Waals surface area contributed by atoms with E-state index in [0.29, 0.717) is 0 Å². The second-order valence-electron chi connectivity index (χ2n) is 5.10. The zero-order valence-electron chi connectivity index (χ0n) is 11.9. The number of alkyl halides is 3. The fourth-order valence-corrected chi connectivity index (χ4v) is 2.26. The van der Waals surface area contributed by atoms with E-state index in [-0.39, 0.29) is 0 Å². The number of H-pyrrole nitrogens is 1. The number of hydrogen-bond acceptors (Lipinski definition) is 0. The van der Waals surface area contributed by atoms with E-state index in [4.69, 9.17) is 0 Å². The maximum absolute atomic E-state index is 12.7. The van der Waals surface area contributed by atoms with Gasteiger partial charge in [0, 0.05) is 5.69 Å². The molecule has 0 aliphatic rings. The van der Waals surface area contributed by atoms with E-state index in [2.05, 4.69) is 18.8 Å². The van der Waals surface area contributed by atoms with Gasteiger partial charge in [0.1, 0.15) is 5.69 Å². The third-order valence-electron chi connectivity index (χ3n) is 3.38. The van der Waals surface area contributed by atoms with E-state index in [1.54, 1.807) is 0 Å². The van der Waals surface area contributed by atoms with Gasteiger partial charge in [-0.25, -0.2) is 0 Å². The van der Waals surface area contributed by atoms with Crippen molar-refractivity contribution >= 4 is 0 Å². The molecule has 1 rings (SSSR count). The van der Waals surface area contributed by atoms with E-state index in [9.17, 15) is 13.2 Å². The van der Waals surface area contributed by atoms with Crippen LogP contribution in [0.5, 0.6) is 0 Å². The van der Waals surface area contributed by atoms with Crippen molar-refractivity contribution in [3.05, 3.63) is 23.0 Å². The van der Waals surface area contributed by atoms with Crippen LogP contribution in [0, 0.1) is 0 Å². The topological polar surface area (TPSA) is 15.8 Å². The molecule has 1 aromatic heterocycles. The van der Waals surface area contributed by atoms with Crippen molar-refractivity contribution in [3.63, 3.8) is 0 Å². The second kappa shape index (κ2) is 7.61. The number of halogens is 3. The number of nitrogens with one attached hydrogen (secondary N) is 1. The van der Waals surface area contributed by atoms with Gasteiger partial charge < -0.3 is 4.98 Å². The summed E-state index contributed by atoms with van der Waals surface area (Å²) in [5, 5.41) is 0. The van der Waals surface area contributed by atoms with Gasteiger partial charge >= 0.3 is 6.18 Å². The lowest BCUT2D eigenvalue weighted by atomic mass is 10.0. The Hall–Kier alpha value is -0.930. The lowest BCUT2D eigenvalue weighted by Crippen LogP contribution is -2.05. The first-order valence-corrected chi connectivity index (χ1v) is 7.27. The lowest BCUT2D eigenvalue weighted by molar-refractivity contribution is -0.140. The number of aromatic nitrogens is 1. The smallest absolute Gasteiger partial charge is 0.355 e. The number of aromatic amines is 1. The van der Waals surface area contributed by atoms with Crippen molar-refractivity contribution in [1.29, 1.82) is 0 Å². The zero-order valence-corrected chi connectivity index (χ0v) is 11.9. The van der Waals surface area contributed by atoms with Gasteiger partial charge in [-0.3, -0.25) is 0 Å². The van der Waals surface area contributed by atoms with E-state index < -0.39 is 11.9 Å². The maximum Gasteiger partial charge on any atom is 0.431 e. The highest BCUT2D eigenvalue weighted by Crippen LogP contribution is 2.31. The molecule has 0 atom stereocenters. The molecule has 1 heterocycles. The standard InChI is InChI=1S/C15H24F3N/c1-3-5-7-9-12-11-14(15(16,17)18)19-13(12)10-8-6-4-2/h11,19H,3-10H2,1-2H3. The Morgan fingerprint density at radius 2 is 1.53 bits per heavy atom. The summed E-state index contributed by atoms with van der Waals surface area (Å²) >= 11 is 0. The summed E-state index contributed by atoms with van der Waals surface area (Å²) in [6.07, 6.45) is 3.44. The lowest BCUT2D eigenvalue weighted by Gasteiger charge is -2.04. The molecule has 0 spiro atoms. The zero-order chi connectivity index (χ0) is 14.3. The van der Waals surface area contributed by atoms with E-state index >= 15 is 0 Å². The van der Waals surface area contributed by atoms with E-state index in [1.165, 1.54) is 6.07 Å². The minimum absolute atomic E-state index is 0.592. The number of aryl methyl sites for hydroxylation is 2. The molecule has 0 radical (unpaired) electrons. The summed E-state index contributed by atoms with van der Waals surface area (Å²) < 4.78 is 38.2. The third-order valence-corrected chi connectivity index (χ3v) is 3.38. The molecule has 19 heavy (non-hydrogen) atoms. The molecular weight excluding hydrogens is 251 g/mol. The Labute approximate surface area is 113 Å². The Morgan fingerprint density at radius 1 is 0.947 bits per heavy atom. The molecule has 0 amide bonds. The molecule has 0 aromatic carbocycles. The van der Waals surface area contributed by atoms with E-state index in [0.717, 1.165) is 62.6 Å². The third kappa shape index (κ3) is 5.29. The predicted octanol–water partition coefficient (Wildman–Crippen LogP) is 5.50. The van der Waals surface area contributed by atoms with Crippen molar-refractivity contribution < 1.29 is 13.2 Å². The average molecular weight is 275 g/mol. The molecule has 1 aromatic rings. The Bertz CT molecular complexity index is 338. The molecule has 4 heteroatoms. The highest BCUT2D eigenvalue weighted by molar-refractivity contribution is 5.28. The molecule has 0 saturated heterocycles. The molecule has 1 nitrogen and oxygen atoms in total. The predicted molar refractivity (Wildman–Crippen MR) is 72.3 cm³/mol. The molecule has 110 valence electrons. The minimum Gasteiger partial charge on any atom is -0.355 e. The number of hydrogen-bond donors (Lipinski definition) is 1. The van der Waals surface area contributed by atoms with Crippen LogP contribution in [0.15, 0.2) is 6.07 Å². The van der Waals surface area contributed by atoms with Crippen molar-refractivity contribution in [3.8, 4) is 0 Å². The van der Waals surface area contributed by atoms with Crippen LogP contribution in [-0.4, -0.2) is 4.98 Å². The Kier molecular flexibility index (Phi) is 6.46. The minimum atomic E-state index is -4.26. The van der Waals surface area contributed by atoms with E-state index in [1.807, 2.05) is 0 Å². The van der Waals surface area contributed by atoms with Crippen LogP contribution in [0.2, 0.25) is 0 Å². The van der Waals surface area contributed by atoms with Gasteiger partial charge in [0.2, 0.25) is 0 Å². The normalized spacial score (nSPS) is 12.1. The summed E-state index contributed by atoms with van der Waals surface area (Å²) in [6.45, 7) is 4.19. The van der Waals surface area contributed by atoms with Gasteiger partial charge in [0.25, 0.3) is 0 Å². The van der Waals surface area contributed by atoms with Crippen LogP contribution < -0.4 is 0 Å². The van der Waals surface area contributed by atoms with Gasteiger partial charge in [0.15, 0.2) is 0 Å². The monoisotopic (exact) mass is 275 g/mol. The largest absolute Gasteiger partial charge is 0.431 e. The molecule has 1 N–H and O–H groups in total. The van der Waals surface area contributed by atoms with Crippen molar-refractivity contribution in [2.45, 2.75) is 71.4 Å². The highest BCUT2D eigenvalue weighted by Gasteiger charge is 2.33. The van der Waals surface area contributed by atoms with Gasteiger partial charge in [-0.1, -0.05) is 39.5 Å². The molecule has 0 bridgehead atoms. The second-order valence-corrected chi connectivity index (χ2v) is 5.10. The first-order chi connectivity index (χ1) is 8.99. The first-order valence-electron chi connectivity index (χ1n) is 7.27. The molecule has 0 aliphatic carbocycles. The quantitative estimate of drug-likeness (QED) is 0.603. The average Bonchev–Trinajstić information content (AvgIpc) is 2.73. The highest BCUT2D eigenvalue weighted by atomic mass is 19.4. The fourth-order valence-electron chi connectivity index (χ4n) is 2.26. The number of rotatable bonds is 8. The van der Waals surface area contributed by atoms with Crippen molar-refractivity contribution in [2.75, 3.05) is 0 Å². The van der Waals surface area contributed by atoms with Crippen LogP contribution in [0.1, 0.15) is 69.3 Å².